The number of phenolic OH excluding ortho intramolecular Hbond substituents is 1. The number of nitrogen functional groups attached to an aromatic ring is 1. The van der Waals surface area contributed by atoms with Crippen molar-refractivity contribution in [2.75, 3.05) is 11.1 Å². The molecule has 0 aromatic heterocycles. The predicted molar refractivity (Wildman–Crippen MR) is 79.4 cm³/mol. The van der Waals surface area contributed by atoms with E-state index in [1.54, 1.807) is 43.3 Å². The number of carbonyl (C=O) groups is 1. The second-order valence-corrected chi connectivity index (χ2v) is 5.02. The molecule has 0 saturated heterocycles. The van der Waals surface area contributed by atoms with Crippen molar-refractivity contribution < 1.29 is 9.90 Å². The van der Waals surface area contributed by atoms with Gasteiger partial charge in [-0.15, -0.1) is 0 Å². The molecule has 0 fully saturated rings. The zero-order valence-corrected chi connectivity index (χ0v) is 11.9. The van der Waals surface area contributed by atoms with Crippen LogP contribution < -0.4 is 11.1 Å². The lowest BCUT2D eigenvalue weighted by Gasteiger charge is -2.10. The van der Waals surface area contributed by atoms with Gasteiger partial charge in [-0.25, -0.2) is 0 Å². The van der Waals surface area contributed by atoms with Crippen molar-refractivity contribution in [3.63, 3.8) is 0 Å². The minimum Gasteiger partial charge on any atom is -0.507 e. The van der Waals surface area contributed by atoms with Gasteiger partial charge in [0.1, 0.15) is 5.75 Å². The highest BCUT2D eigenvalue weighted by Crippen LogP contribution is 2.27. The van der Waals surface area contributed by atoms with Gasteiger partial charge >= 0.3 is 0 Å². The summed E-state index contributed by atoms with van der Waals surface area (Å²) in [5.74, 6) is -0.396. The number of hydrogen-bond donors (Lipinski definition) is 3. The summed E-state index contributed by atoms with van der Waals surface area (Å²) in [6.07, 6.45) is 0. The van der Waals surface area contributed by atoms with Crippen LogP contribution in [-0.4, -0.2) is 11.0 Å². The molecule has 0 aliphatic rings. The van der Waals surface area contributed by atoms with Crippen molar-refractivity contribution in [1.29, 1.82) is 0 Å². The molecule has 0 spiro atoms. The third-order valence-corrected chi connectivity index (χ3v) is 3.41. The van der Waals surface area contributed by atoms with Gasteiger partial charge < -0.3 is 16.2 Å². The van der Waals surface area contributed by atoms with Gasteiger partial charge in [0.05, 0.1) is 11.3 Å². The number of aromatic hydroxyl groups is 1. The molecule has 0 atom stereocenters. The Hall–Kier alpha value is -2.01. The molecule has 2 aromatic rings. The SMILES string of the molecule is Cc1cccc(C(=O)Nc2cc(N)ccc2Br)c1O. The van der Waals surface area contributed by atoms with Gasteiger partial charge in [0.2, 0.25) is 0 Å². The Balaban J connectivity index is 2.31. The van der Waals surface area contributed by atoms with Gasteiger partial charge in [-0.2, -0.15) is 0 Å². The second-order valence-electron chi connectivity index (χ2n) is 4.16. The molecule has 5 heteroatoms. The van der Waals surface area contributed by atoms with E-state index in [-0.39, 0.29) is 17.2 Å². The molecule has 0 saturated carbocycles. The average Bonchev–Trinajstić information content (AvgIpc) is 2.37. The van der Waals surface area contributed by atoms with Crippen LogP contribution in [0.4, 0.5) is 11.4 Å². The first-order chi connectivity index (χ1) is 8.99. The topological polar surface area (TPSA) is 75.4 Å². The van der Waals surface area contributed by atoms with Gasteiger partial charge in [-0.1, -0.05) is 12.1 Å². The van der Waals surface area contributed by atoms with E-state index < -0.39 is 0 Å². The highest BCUT2D eigenvalue weighted by atomic mass is 79.9. The standard InChI is InChI=1S/C14H13BrN2O2/c1-8-3-2-4-10(13(8)18)14(19)17-12-7-9(16)5-6-11(12)15/h2-7,18H,16H2,1H3,(H,17,19). The van der Waals surface area contributed by atoms with Crippen LogP contribution in [-0.2, 0) is 0 Å². The lowest BCUT2D eigenvalue weighted by Crippen LogP contribution is -2.13. The summed E-state index contributed by atoms with van der Waals surface area (Å²) in [7, 11) is 0. The summed E-state index contributed by atoms with van der Waals surface area (Å²) >= 11 is 3.33. The maximum Gasteiger partial charge on any atom is 0.259 e. The summed E-state index contributed by atoms with van der Waals surface area (Å²) in [5.41, 5.74) is 7.67. The van der Waals surface area contributed by atoms with Gasteiger partial charge in [0.15, 0.2) is 0 Å². The Morgan fingerprint density at radius 3 is 2.79 bits per heavy atom. The number of aryl methyl sites for hydroxylation is 1. The Bertz CT molecular complexity index is 641. The fourth-order valence-corrected chi connectivity index (χ4v) is 2.02. The number of phenols is 1. The van der Waals surface area contributed by atoms with Crippen LogP contribution in [0.2, 0.25) is 0 Å². The highest BCUT2D eigenvalue weighted by molar-refractivity contribution is 9.10. The fraction of sp³-hybridized carbons (Fsp3) is 0.0714. The third kappa shape index (κ3) is 2.88. The number of halogens is 1. The number of hydrogen-bond acceptors (Lipinski definition) is 3. The summed E-state index contributed by atoms with van der Waals surface area (Å²) in [5, 5.41) is 12.6. The molecule has 19 heavy (non-hydrogen) atoms. The molecule has 0 heterocycles. The lowest BCUT2D eigenvalue weighted by molar-refractivity contribution is 0.102. The van der Waals surface area contributed by atoms with E-state index in [2.05, 4.69) is 21.2 Å². The van der Waals surface area contributed by atoms with Crippen LogP contribution >= 0.6 is 15.9 Å². The van der Waals surface area contributed by atoms with Gasteiger partial charge in [0.25, 0.3) is 5.91 Å². The molecular weight excluding hydrogens is 308 g/mol. The van der Waals surface area contributed by atoms with Crippen molar-refractivity contribution in [3.05, 3.63) is 52.0 Å². The first-order valence-electron chi connectivity index (χ1n) is 5.64. The Morgan fingerprint density at radius 2 is 2.05 bits per heavy atom. The molecule has 0 radical (unpaired) electrons. The normalized spacial score (nSPS) is 10.2. The van der Waals surface area contributed by atoms with Crippen LogP contribution in [0.25, 0.3) is 0 Å². The monoisotopic (exact) mass is 320 g/mol. The Kier molecular flexibility index (Phi) is 3.76. The van der Waals surface area contributed by atoms with Gasteiger partial charge in [-0.3, -0.25) is 4.79 Å². The van der Waals surface area contributed by atoms with E-state index in [1.807, 2.05) is 0 Å². The number of nitrogens with two attached hydrogens (primary N) is 1. The third-order valence-electron chi connectivity index (χ3n) is 2.72. The molecular formula is C14H13BrN2O2. The van der Waals surface area contributed by atoms with Crippen molar-refractivity contribution >= 4 is 33.2 Å². The molecule has 0 unspecified atom stereocenters. The van der Waals surface area contributed by atoms with E-state index in [4.69, 9.17) is 5.73 Å². The maximum absolute atomic E-state index is 12.1. The van der Waals surface area contributed by atoms with E-state index in [0.29, 0.717) is 16.9 Å². The molecule has 0 aliphatic heterocycles. The van der Waals surface area contributed by atoms with E-state index in [1.165, 1.54) is 0 Å². The molecule has 4 nitrogen and oxygen atoms in total. The summed E-state index contributed by atoms with van der Waals surface area (Å²) in [6, 6.07) is 10.2. The maximum atomic E-state index is 12.1. The number of para-hydroxylation sites is 1. The van der Waals surface area contributed by atoms with Crippen molar-refractivity contribution in [2.45, 2.75) is 6.92 Å². The first-order valence-corrected chi connectivity index (χ1v) is 6.43. The van der Waals surface area contributed by atoms with Gasteiger partial charge in [-0.05, 0) is 52.7 Å². The van der Waals surface area contributed by atoms with Crippen molar-refractivity contribution in [1.82, 2.24) is 0 Å². The number of anilines is 2. The van der Waals surface area contributed by atoms with Crippen LogP contribution in [0.15, 0.2) is 40.9 Å². The van der Waals surface area contributed by atoms with Crippen molar-refractivity contribution in [3.8, 4) is 5.75 Å². The quantitative estimate of drug-likeness (QED) is 0.743. The average molecular weight is 321 g/mol. The fourth-order valence-electron chi connectivity index (χ4n) is 1.67. The zero-order valence-electron chi connectivity index (χ0n) is 10.3. The molecule has 4 N–H and O–H groups in total. The van der Waals surface area contributed by atoms with E-state index in [0.717, 1.165) is 4.47 Å². The van der Waals surface area contributed by atoms with Gasteiger partial charge in [0, 0.05) is 10.2 Å². The molecule has 1 amide bonds. The van der Waals surface area contributed by atoms with Crippen LogP contribution in [0.5, 0.6) is 5.75 Å². The van der Waals surface area contributed by atoms with Crippen molar-refractivity contribution in [2.24, 2.45) is 0 Å². The smallest absolute Gasteiger partial charge is 0.259 e. The number of amides is 1. The Morgan fingerprint density at radius 1 is 1.32 bits per heavy atom. The Labute approximate surface area is 119 Å². The first kappa shape index (κ1) is 13.4. The zero-order chi connectivity index (χ0) is 14.0. The molecule has 2 aromatic carbocycles. The van der Waals surface area contributed by atoms with Crippen LogP contribution in [0.3, 0.4) is 0 Å². The molecule has 0 aliphatic carbocycles. The van der Waals surface area contributed by atoms with Crippen LogP contribution in [0, 0.1) is 6.92 Å². The predicted octanol–water partition coefficient (Wildman–Crippen LogP) is 3.30. The number of benzene rings is 2. The second kappa shape index (κ2) is 5.32. The minimum absolute atomic E-state index is 0.0139. The number of rotatable bonds is 2. The molecule has 0 bridgehead atoms. The number of nitrogens with one attached hydrogen (secondary N) is 1. The van der Waals surface area contributed by atoms with E-state index in [9.17, 15) is 9.90 Å². The lowest BCUT2D eigenvalue weighted by atomic mass is 10.1. The summed E-state index contributed by atoms with van der Waals surface area (Å²) in [4.78, 5) is 12.1. The molecule has 2 rings (SSSR count). The number of carbonyl (C=O) groups excluding carboxylic acids is 1. The highest BCUT2D eigenvalue weighted by Gasteiger charge is 2.13. The van der Waals surface area contributed by atoms with E-state index >= 15 is 0 Å². The summed E-state index contributed by atoms with van der Waals surface area (Å²) < 4.78 is 0.724. The summed E-state index contributed by atoms with van der Waals surface area (Å²) in [6.45, 7) is 1.74. The van der Waals surface area contributed by atoms with Crippen LogP contribution in [0.1, 0.15) is 15.9 Å². The largest absolute Gasteiger partial charge is 0.507 e. The molecule has 98 valence electrons. The minimum atomic E-state index is -0.382.